The summed E-state index contributed by atoms with van der Waals surface area (Å²) in [5.41, 5.74) is -0.195. The summed E-state index contributed by atoms with van der Waals surface area (Å²) >= 11 is 1.07. The van der Waals surface area contributed by atoms with Crippen LogP contribution < -0.4 is 5.32 Å². The number of nitrogens with one attached hydrogen (secondary N) is 1. The normalized spacial score (nSPS) is 16.7. The van der Waals surface area contributed by atoms with Gasteiger partial charge in [0.25, 0.3) is 10.0 Å². The number of nitrogens with zero attached hydrogens (tertiary/aromatic N) is 1. The van der Waals surface area contributed by atoms with Crippen LogP contribution in [0.1, 0.15) is 41.8 Å². The summed E-state index contributed by atoms with van der Waals surface area (Å²) in [6.07, 6.45) is -2.70. The standard InChI is InChI=1S/C19H21F3N2O3S2/c1-13(14-4-6-15(7-5-14)19(20,21)22)23-17(25)12-16-8-9-18(28-16)29(26,27)24-10-2-3-11-24/h4-9,13H,2-3,10-12H2,1H3,(H,23,25). The molecular formula is C19H21F3N2O3S2. The Morgan fingerprint density at radius 3 is 2.34 bits per heavy atom. The molecule has 2 heterocycles. The third-order valence-corrected chi connectivity index (χ3v) is 8.20. The third kappa shape index (κ3) is 5.18. The van der Waals surface area contributed by atoms with Crippen LogP contribution in [0.25, 0.3) is 0 Å². The number of alkyl halides is 3. The van der Waals surface area contributed by atoms with E-state index in [2.05, 4.69) is 5.32 Å². The van der Waals surface area contributed by atoms with Crippen LogP contribution in [0.4, 0.5) is 13.2 Å². The second kappa shape index (κ2) is 8.45. The fourth-order valence-corrected chi connectivity index (χ4v) is 6.17. The van der Waals surface area contributed by atoms with Gasteiger partial charge in [0.15, 0.2) is 0 Å². The van der Waals surface area contributed by atoms with Crippen LogP contribution in [0.3, 0.4) is 0 Å². The first-order chi connectivity index (χ1) is 13.6. The first kappa shape index (κ1) is 21.8. The van der Waals surface area contributed by atoms with Crippen LogP contribution >= 0.6 is 11.3 Å². The Balaban J connectivity index is 1.60. The molecule has 1 aliphatic heterocycles. The van der Waals surface area contributed by atoms with Gasteiger partial charge in [-0.2, -0.15) is 17.5 Å². The van der Waals surface area contributed by atoms with Gasteiger partial charge in [-0.1, -0.05) is 12.1 Å². The zero-order valence-electron chi connectivity index (χ0n) is 15.7. The monoisotopic (exact) mass is 446 g/mol. The number of thiophene rings is 1. The van der Waals surface area contributed by atoms with Crippen molar-refractivity contribution >= 4 is 27.3 Å². The molecule has 5 nitrogen and oxygen atoms in total. The second-order valence-corrected chi connectivity index (χ2v) is 10.3. The van der Waals surface area contributed by atoms with Gasteiger partial charge in [0.05, 0.1) is 18.0 Å². The smallest absolute Gasteiger partial charge is 0.349 e. The molecule has 29 heavy (non-hydrogen) atoms. The number of carbonyl (C=O) groups is 1. The largest absolute Gasteiger partial charge is 0.416 e. The summed E-state index contributed by atoms with van der Waals surface area (Å²) in [5.74, 6) is -0.329. The summed E-state index contributed by atoms with van der Waals surface area (Å²) in [6, 6.07) is 7.28. The molecule has 1 aromatic carbocycles. The van der Waals surface area contributed by atoms with Crippen LogP contribution in [-0.2, 0) is 27.4 Å². The van der Waals surface area contributed by atoms with E-state index in [9.17, 15) is 26.4 Å². The van der Waals surface area contributed by atoms with Crippen molar-refractivity contribution in [1.29, 1.82) is 0 Å². The molecule has 1 aliphatic rings. The van der Waals surface area contributed by atoms with Crippen molar-refractivity contribution in [2.45, 2.75) is 42.6 Å². The number of rotatable bonds is 6. The number of benzene rings is 1. The SMILES string of the molecule is CC(NC(=O)Cc1ccc(S(=O)(=O)N2CCCC2)s1)c1ccc(C(F)(F)F)cc1. The Morgan fingerprint density at radius 2 is 1.76 bits per heavy atom. The van der Waals surface area contributed by atoms with E-state index < -0.39 is 27.8 Å². The molecule has 158 valence electrons. The van der Waals surface area contributed by atoms with Crippen molar-refractivity contribution in [3.63, 3.8) is 0 Å². The molecule has 1 amide bonds. The van der Waals surface area contributed by atoms with Gasteiger partial charge in [0.1, 0.15) is 4.21 Å². The van der Waals surface area contributed by atoms with Gasteiger partial charge < -0.3 is 5.32 Å². The van der Waals surface area contributed by atoms with E-state index in [1.807, 2.05) is 0 Å². The highest BCUT2D eigenvalue weighted by Gasteiger charge is 2.30. The lowest BCUT2D eigenvalue weighted by atomic mass is 10.1. The van der Waals surface area contributed by atoms with Gasteiger partial charge in [0.2, 0.25) is 5.91 Å². The number of hydrogen-bond donors (Lipinski definition) is 1. The van der Waals surface area contributed by atoms with Crippen molar-refractivity contribution < 1.29 is 26.4 Å². The highest BCUT2D eigenvalue weighted by Crippen LogP contribution is 2.30. The summed E-state index contributed by atoms with van der Waals surface area (Å²) < 4.78 is 64.7. The lowest BCUT2D eigenvalue weighted by Gasteiger charge is -2.15. The van der Waals surface area contributed by atoms with Crippen molar-refractivity contribution in [3.8, 4) is 0 Å². The summed E-state index contributed by atoms with van der Waals surface area (Å²) in [6.45, 7) is 2.71. The maximum atomic E-state index is 12.6. The maximum absolute atomic E-state index is 12.6. The molecule has 0 radical (unpaired) electrons. The first-order valence-electron chi connectivity index (χ1n) is 9.13. The summed E-state index contributed by atoms with van der Waals surface area (Å²) in [7, 11) is -3.51. The van der Waals surface area contributed by atoms with Crippen molar-refractivity contribution in [1.82, 2.24) is 9.62 Å². The van der Waals surface area contributed by atoms with E-state index in [1.54, 1.807) is 13.0 Å². The molecule has 0 spiro atoms. The Kier molecular flexibility index (Phi) is 6.35. The Bertz CT molecular complexity index is 963. The molecule has 1 saturated heterocycles. The van der Waals surface area contributed by atoms with E-state index in [-0.39, 0.29) is 16.5 Å². The highest BCUT2D eigenvalue weighted by molar-refractivity contribution is 7.91. The zero-order valence-corrected chi connectivity index (χ0v) is 17.3. The van der Waals surface area contributed by atoms with Gasteiger partial charge in [-0.25, -0.2) is 8.42 Å². The number of amides is 1. The molecule has 1 N–H and O–H groups in total. The van der Waals surface area contributed by atoms with E-state index in [1.165, 1.54) is 22.5 Å². The van der Waals surface area contributed by atoms with Gasteiger partial charge in [-0.3, -0.25) is 4.79 Å². The summed E-state index contributed by atoms with van der Waals surface area (Å²) in [5, 5.41) is 2.73. The topological polar surface area (TPSA) is 66.5 Å². The lowest BCUT2D eigenvalue weighted by Crippen LogP contribution is -2.28. The number of hydrogen-bond acceptors (Lipinski definition) is 4. The minimum atomic E-state index is -4.41. The van der Waals surface area contributed by atoms with Crippen LogP contribution in [-0.4, -0.2) is 31.7 Å². The van der Waals surface area contributed by atoms with Crippen LogP contribution in [0.15, 0.2) is 40.6 Å². The average molecular weight is 447 g/mol. The van der Waals surface area contributed by atoms with E-state index in [0.29, 0.717) is 23.5 Å². The molecule has 1 atom stereocenters. The molecule has 0 saturated carbocycles. The van der Waals surface area contributed by atoms with Gasteiger partial charge in [-0.15, -0.1) is 11.3 Å². The van der Waals surface area contributed by atoms with E-state index >= 15 is 0 Å². The zero-order chi connectivity index (χ0) is 21.2. The van der Waals surface area contributed by atoms with Crippen molar-refractivity contribution in [3.05, 3.63) is 52.4 Å². The van der Waals surface area contributed by atoms with Crippen LogP contribution in [0.2, 0.25) is 0 Å². The molecule has 0 bridgehead atoms. The van der Waals surface area contributed by atoms with E-state index in [4.69, 9.17) is 0 Å². The highest BCUT2D eigenvalue weighted by atomic mass is 32.2. The van der Waals surface area contributed by atoms with E-state index in [0.717, 1.165) is 36.3 Å². The van der Waals surface area contributed by atoms with Crippen LogP contribution in [0.5, 0.6) is 0 Å². The first-order valence-corrected chi connectivity index (χ1v) is 11.4. The van der Waals surface area contributed by atoms with Crippen molar-refractivity contribution in [2.24, 2.45) is 0 Å². The van der Waals surface area contributed by atoms with Gasteiger partial charge >= 0.3 is 6.18 Å². The Morgan fingerprint density at radius 1 is 1.14 bits per heavy atom. The quantitative estimate of drug-likeness (QED) is 0.730. The molecule has 1 fully saturated rings. The van der Waals surface area contributed by atoms with Crippen LogP contribution in [0, 0.1) is 0 Å². The third-order valence-electron chi connectivity index (χ3n) is 4.75. The number of halogens is 3. The summed E-state index contributed by atoms with van der Waals surface area (Å²) in [4.78, 5) is 12.9. The molecule has 1 aromatic heterocycles. The molecule has 2 aromatic rings. The lowest BCUT2D eigenvalue weighted by molar-refractivity contribution is -0.137. The fourth-order valence-electron chi connectivity index (χ4n) is 3.14. The minimum absolute atomic E-state index is 0.00512. The Labute approximate surface area is 171 Å². The molecule has 10 heteroatoms. The Hall–Kier alpha value is -1.91. The number of sulfonamides is 1. The van der Waals surface area contributed by atoms with Gasteiger partial charge in [0, 0.05) is 18.0 Å². The second-order valence-electron chi connectivity index (χ2n) is 6.92. The fraction of sp³-hybridized carbons (Fsp3) is 0.421. The average Bonchev–Trinajstić information content (AvgIpc) is 3.33. The maximum Gasteiger partial charge on any atom is 0.416 e. The molecule has 1 unspecified atom stereocenters. The van der Waals surface area contributed by atoms with Crippen molar-refractivity contribution in [2.75, 3.05) is 13.1 Å². The predicted molar refractivity (Wildman–Crippen MR) is 104 cm³/mol. The molecular weight excluding hydrogens is 425 g/mol. The predicted octanol–water partition coefficient (Wildman–Crippen LogP) is 3.97. The molecule has 3 rings (SSSR count). The number of carbonyl (C=O) groups excluding carboxylic acids is 1. The minimum Gasteiger partial charge on any atom is -0.349 e. The molecule has 0 aliphatic carbocycles. The van der Waals surface area contributed by atoms with Gasteiger partial charge in [-0.05, 0) is 49.6 Å².